The molecule has 0 spiro atoms. The molecule has 0 bridgehead atoms. The van der Waals surface area contributed by atoms with Crippen LogP contribution in [0.3, 0.4) is 0 Å². The number of anilines is 3. The highest BCUT2D eigenvalue weighted by atomic mass is 15.1. The number of nitrogens with zero attached hydrogens (tertiary/aromatic N) is 1. The van der Waals surface area contributed by atoms with Crippen molar-refractivity contribution in [2.45, 2.75) is 31.6 Å². The summed E-state index contributed by atoms with van der Waals surface area (Å²) in [7, 11) is 0. The summed E-state index contributed by atoms with van der Waals surface area (Å²) < 4.78 is 0. The molecule has 2 aliphatic carbocycles. The second kappa shape index (κ2) is 14.7. The van der Waals surface area contributed by atoms with Crippen LogP contribution in [0.15, 0.2) is 231 Å². The molecule has 0 amide bonds. The van der Waals surface area contributed by atoms with Crippen molar-refractivity contribution < 1.29 is 0 Å². The Morgan fingerprint density at radius 2 is 0.812 bits per heavy atom. The minimum atomic E-state index is -0.334. The summed E-state index contributed by atoms with van der Waals surface area (Å²) in [6.45, 7) is 7.18. The van der Waals surface area contributed by atoms with E-state index in [1.54, 1.807) is 0 Å². The molecule has 0 heterocycles. The maximum Gasteiger partial charge on any atom is 0.0540 e. The van der Waals surface area contributed by atoms with Gasteiger partial charge in [0, 0.05) is 27.8 Å². The molecule has 64 heavy (non-hydrogen) atoms. The second-order valence-electron chi connectivity index (χ2n) is 18.1. The van der Waals surface area contributed by atoms with E-state index < -0.39 is 0 Å². The first-order chi connectivity index (χ1) is 31.4. The molecular formula is C63H47N. The molecule has 1 nitrogen and oxygen atoms in total. The highest BCUT2D eigenvalue weighted by molar-refractivity contribution is 6.06. The van der Waals surface area contributed by atoms with Gasteiger partial charge in [0.15, 0.2) is 0 Å². The lowest BCUT2D eigenvalue weighted by Gasteiger charge is -2.32. The number of para-hydroxylation sites is 1. The van der Waals surface area contributed by atoms with Crippen LogP contribution >= 0.6 is 0 Å². The third-order valence-corrected chi connectivity index (χ3v) is 14.3. The van der Waals surface area contributed by atoms with Gasteiger partial charge in [-0.15, -0.1) is 0 Å². The first-order valence-corrected chi connectivity index (χ1v) is 22.5. The molecule has 0 saturated heterocycles. The van der Waals surface area contributed by atoms with Crippen molar-refractivity contribution in [2.75, 3.05) is 4.90 Å². The molecule has 0 N–H and O–H groups in total. The summed E-state index contributed by atoms with van der Waals surface area (Å²) in [5.41, 5.74) is 22.2. The van der Waals surface area contributed by atoms with Gasteiger partial charge in [-0.1, -0.05) is 214 Å². The van der Waals surface area contributed by atoms with E-state index in [1.807, 2.05) is 0 Å². The van der Waals surface area contributed by atoms with Gasteiger partial charge in [0.1, 0.15) is 0 Å². The van der Waals surface area contributed by atoms with Gasteiger partial charge >= 0.3 is 0 Å². The molecule has 1 unspecified atom stereocenters. The maximum atomic E-state index is 2.50. The first-order valence-electron chi connectivity index (χ1n) is 22.5. The summed E-state index contributed by atoms with van der Waals surface area (Å²) in [6.07, 6.45) is 0. The molecule has 10 aromatic carbocycles. The number of fused-ring (bicyclic) bond motifs is 7. The fourth-order valence-corrected chi connectivity index (χ4v) is 11.3. The molecule has 2 aliphatic rings. The Bertz CT molecular complexity index is 3410. The van der Waals surface area contributed by atoms with E-state index in [0.29, 0.717) is 0 Å². The van der Waals surface area contributed by atoms with Gasteiger partial charge in [0.2, 0.25) is 0 Å². The quantitative estimate of drug-likeness (QED) is 0.155. The van der Waals surface area contributed by atoms with Gasteiger partial charge in [-0.3, -0.25) is 0 Å². The second-order valence-corrected chi connectivity index (χ2v) is 18.1. The third kappa shape index (κ3) is 5.70. The zero-order valence-corrected chi connectivity index (χ0v) is 36.4. The molecule has 304 valence electrons. The van der Waals surface area contributed by atoms with Crippen LogP contribution < -0.4 is 4.90 Å². The van der Waals surface area contributed by atoms with E-state index in [0.717, 1.165) is 17.1 Å². The van der Waals surface area contributed by atoms with Gasteiger partial charge in [0.05, 0.1) is 5.69 Å². The molecule has 0 aliphatic heterocycles. The van der Waals surface area contributed by atoms with Crippen LogP contribution in [0, 0.1) is 0 Å². The van der Waals surface area contributed by atoms with Crippen molar-refractivity contribution in [1.29, 1.82) is 0 Å². The summed E-state index contributed by atoms with van der Waals surface area (Å²) >= 11 is 0. The Balaban J connectivity index is 1.07. The molecule has 0 radical (unpaired) electrons. The van der Waals surface area contributed by atoms with Crippen LogP contribution in [0.25, 0.3) is 66.4 Å². The van der Waals surface area contributed by atoms with Gasteiger partial charge in [-0.25, -0.2) is 0 Å². The fraction of sp³-hybridized carbons (Fsp3) is 0.0794. The average Bonchev–Trinajstić information content (AvgIpc) is 3.76. The van der Waals surface area contributed by atoms with Crippen molar-refractivity contribution in [1.82, 2.24) is 0 Å². The van der Waals surface area contributed by atoms with Gasteiger partial charge in [-0.2, -0.15) is 0 Å². The minimum absolute atomic E-state index is 0.171. The third-order valence-electron chi connectivity index (χ3n) is 14.3. The zero-order valence-electron chi connectivity index (χ0n) is 36.4. The van der Waals surface area contributed by atoms with Crippen LogP contribution in [-0.2, 0) is 10.8 Å². The van der Waals surface area contributed by atoms with Crippen LogP contribution in [0.5, 0.6) is 0 Å². The number of hydrogen-bond donors (Lipinski definition) is 0. The van der Waals surface area contributed by atoms with Crippen molar-refractivity contribution in [3.05, 3.63) is 258 Å². The van der Waals surface area contributed by atoms with Gasteiger partial charge in [0.25, 0.3) is 0 Å². The van der Waals surface area contributed by atoms with Gasteiger partial charge < -0.3 is 4.90 Å². The average molecular weight is 818 g/mol. The zero-order chi connectivity index (χ0) is 43.0. The largest absolute Gasteiger partial charge is 0.310 e. The minimum Gasteiger partial charge on any atom is -0.310 e. The first kappa shape index (κ1) is 38.0. The maximum absolute atomic E-state index is 2.50. The van der Waals surface area contributed by atoms with E-state index in [2.05, 4.69) is 256 Å². The number of rotatable bonds is 7. The van der Waals surface area contributed by atoms with Crippen molar-refractivity contribution in [3.8, 4) is 55.6 Å². The van der Waals surface area contributed by atoms with Crippen LogP contribution in [0.2, 0.25) is 0 Å². The van der Waals surface area contributed by atoms with Crippen molar-refractivity contribution in [2.24, 2.45) is 0 Å². The van der Waals surface area contributed by atoms with Crippen LogP contribution in [-0.4, -0.2) is 0 Å². The topological polar surface area (TPSA) is 3.24 Å². The lowest BCUT2D eigenvalue weighted by atomic mass is 9.74. The van der Waals surface area contributed by atoms with E-state index in [9.17, 15) is 0 Å². The Kier molecular flexibility index (Phi) is 8.71. The highest BCUT2D eigenvalue weighted by Crippen LogP contribution is 2.56. The number of benzene rings is 10. The summed E-state index contributed by atoms with van der Waals surface area (Å²) in [5.74, 6) is 0. The molecule has 1 heteroatoms. The molecule has 0 saturated carbocycles. The molecule has 0 aromatic heterocycles. The molecule has 1 atom stereocenters. The summed E-state index contributed by atoms with van der Waals surface area (Å²) in [5, 5.41) is 2.51. The monoisotopic (exact) mass is 817 g/mol. The molecule has 12 rings (SSSR count). The van der Waals surface area contributed by atoms with E-state index in [-0.39, 0.29) is 10.8 Å². The SMILES string of the molecule is CC1(C)c2ccccc2-c2cccc(-c3ccccc3N(c3ccc(-c4cccc5cccc(-c6ccccc6)c45)cc3)c3ccc4c(c3)C(C)(c3ccccc3)c3ccccc3-4)c21. The lowest BCUT2D eigenvalue weighted by molar-refractivity contribution is 0.662. The van der Waals surface area contributed by atoms with Crippen LogP contribution in [0.1, 0.15) is 48.6 Å². The van der Waals surface area contributed by atoms with Gasteiger partial charge in [-0.05, 0) is 126 Å². The molecule has 0 fully saturated rings. The van der Waals surface area contributed by atoms with E-state index in [4.69, 9.17) is 0 Å². The van der Waals surface area contributed by atoms with E-state index in [1.165, 1.54) is 94.2 Å². The smallest absolute Gasteiger partial charge is 0.0540 e. The Morgan fingerprint density at radius 1 is 0.328 bits per heavy atom. The Hall–Kier alpha value is -7.74. The normalized spacial score (nSPS) is 15.3. The highest BCUT2D eigenvalue weighted by Gasteiger charge is 2.42. The van der Waals surface area contributed by atoms with E-state index >= 15 is 0 Å². The Labute approximate surface area is 376 Å². The lowest BCUT2D eigenvalue weighted by Crippen LogP contribution is -2.23. The summed E-state index contributed by atoms with van der Waals surface area (Å²) in [6, 6.07) is 85.5. The standard InChI is InChI=1S/C63H47N/c1-62(2)56-32-13-10-26-51(56)54-30-18-31-55(61(54)62)53-27-12-15-34-59(53)64(47-39-40-52-50-25-11-14-33-57(50)63(3,58(52)41-47)45-23-8-5-9-24-45)46-37-35-43(36-38-46)49-29-17-22-44-21-16-28-48(60(44)49)42-19-6-4-7-20-42/h4-41H,1-3H3. The fourth-order valence-electron chi connectivity index (χ4n) is 11.3. The van der Waals surface area contributed by atoms with Crippen LogP contribution in [0.4, 0.5) is 17.1 Å². The molecular weight excluding hydrogens is 771 g/mol. The number of hydrogen-bond acceptors (Lipinski definition) is 1. The van der Waals surface area contributed by atoms with Crippen molar-refractivity contribution >= 4 is 27.8 Å². The van der Waals surface area contributed by atoms with Crippen molar-refractivity contribution in [3.63, 3.8) is 0 Å². The Morgan fingerprint density at radius 3 is 1.52 bits per heavy atom. The summed E-state index contributed by atoms with van der Waals surface area (Å²) in [4.78, 5) is 2.50. The predicted octanol–water partition coefficient (Wildman–Crippen LogP) is 17.0. The molecule has 10 aromatic rings. The predicted molar refractivity (Wildman–Crippen MR) is 270 cm³/mol.